The first-order chi connectivity index (χ1) is 15.6. The van der Waals surface area contributed by atoms with Gasteiger partial charge >= 0.3 is 0 Å². The number of carbonyl (C=O) groups excluding carboxylic acids is 2. The zero-order valence-electron chi connectivity index (χ0n) is 17.5. The fourth-order valence-electron chi connectivity index (χ4n) is 3.86. The van der Waals surface area contributed by atoms with Crippen molar-refractivity contribution in [1.82, 2.24) is 4.90 Å². The number of amides is 2. The topological polar surface area (TPSA) is 77.1 Å². The quantitative estimate of drug-likeness (QED) is 0.678. The van der Waals surface area contributed by atoms with Crippen LogP contribution < -0.4 is 19.5 Å². The number of benzene rings is 3. The number of hydrogen-bond acceptors (Lipinski definition) is 5. The van der Waals surface area contributed by atoms with E-state index in [2.05, 4.69) is 5.32 Å². The maximum atomic E-state index is 12.9. The van der Waals surface area contributed by atoms with Crippen molar-refractivity contribution in [2.24, 2.45) is 0 Å². The van der Waals surface area contributed by atoms with Crippen LogP contribution in [0.15, 0.2) is 66.7 Å². The van der Waals surface area contributed by atoms with Crippen molar-refractivity contribution < 1.29 is 23.8 Å². The number of hydrogen-bond donors (Lipinski definition) is 1. The zero-order valence-corrected chi connectivity index (χ0v) is 17.5. The second-order valence-electron chi connectivity index (χ2n) is 7.78. The summed E-state index contributed by atoms with van der Waals surface area (Å²) in [5.74, 6) is 1.49. The molecule has 7 heteroatoms. The van der Waals surface area contributed by atoms with Crippen LogP contribution in [-0.4, -0.2) is 29.6 Å². The van der Waals surface area contributed by atoms with Crippen molar-refractivity contribution in [3.63, 3.8) is 0 Å². The van der Waals surface area contributed by atoms with Crippen LogP contribution in [0.25, 0.3) is 0 Å². The van der Waals surface area contributed by atoms with Crippen molar-refractivity contribution >= 4 is 17.5 Å². The number of fused-ring (bicyclic) bond motifs is 2. The summed E-state index contributed by atoms with van der Waals surface area (Å²) < 4.78 is 16.5. The van der Waals surface area contributed by atoms with Crippen LogP contribution in [0.5, 0.6) is 17.2 Å². The fraction of sp³-hybridized carbons (Fsp3) is 0.200. The predicted molar refractivity (Wildman–Crippen MR) is 118 cm³/mol. The van der Waals surface area contributed by atoms with E-state index in [1.54, 1.807) is 42.2 Å². The van der Waals surface area contributed by atoms with Gasteiger partial charge in [0.25, 0.3) is 11.8 Å². The average Bonchev–Trinajstić information content (AvgIpc) is 3.24. The number of rotatable bonds is 4. The third-order valence-electron chi connectivity index (χ3n) is 5.49. The van der Waals surface area contributed by atoms with E-state index in [1.807, 2.05) is 36.4 Å². The lowest BCUT2D eigenvalue weighted by atomic mass is 10.1. The highest BCUT2D eigenvalue weighted by Crippen LogP contribution is 2.33. The lowest BCUT2D eigenvalue weighted by Gasteiger charge is -2.22. The summed E-state index contributed by atoms with van der Waals surface area (Å²) in [7, 11) is 0. The standard InChI is InChI=1S/C25H22N2O5/c1-16-25(29)27(13-17-5-3-2-4-6-17)14-19-11-20(8-10-21(19)32-16)26-24(28)18-7-9-22-23(12-18)31-15-30-22/h2-12,16H,13-15H2,1H3,(H,26,28)/t16-/m0/s1. The SMILES string of the molecule is C[C@@H]1Oc2ccc(NC(=O)c3ccc4c(c3)OCO4)cc2CN(Cc2ccccc2)C1=O. The van der Waals surface area contributed by atoms with Crippen molar-refractivity contribution in [3.8, 4) is 17.2 Å². The van der Waals surface area contributed by atoms with Crippen LogP contribution in [0.3, 0.4) is 0 Å². The lowest BCUT2D eigenvalue weighted by molar-refractivity contribution is -0.138. The third kappa shape index (κ3) is 3.97. The summed E-state index contributed by atoms with van der Waals surface area (Å²) in [5.41, 5.74) is 2.97. The van der Waals surface area contributed by atoms with Crippen molar-refractivity contribution in [1.29, 1.82) is 0 Å². The highest BCUT2D eigenvalue weighted by molar-refractivity contribution is 6.04. The summed E-state index contributed by atoms with van der Waals surface area (Å²) in [5, 5.41) is 2.91. The molecule has 7 nitrogen and oxygen atoms in total. The molecule has 0 radical (unpaired) electrons. The van der Waals surface area contributed by atoms with E-state index in [0.717, 1.165) is 11.1 Å². The van der Waals surface area contributed by atoms with Crippen LogP contribution in [0.1, 0.15) is 28.4 Å². The molecular formula is C25H22N2O5. The minimum atomic E-state index is -0.589. The lowest BCUT2D eigenvalue weighted by Crippen LogP contribution is -2.37. The fourth-order valence-corrected chi connectivity index (χ4v) is 3.86. The molecule has 0 bridgehead atoms. The Labute approximate surface area is 185 Å². The van der Waals surface area contributed by atoms with E-state index in [0.29, 0.717) is 41.6 Å². The number of nitrogens with zero attached hydrogens (tertiary/aromatic N) is 1. The summed E-state index contributed by atoms with van der Waals surface area (Å²) in [6, 6.07) is 20.3. The molecule has 2 aliphatic heterocycles. The summed E-state index contributed by atoms with van der Waals surface area (Å²) >= 11 is 0. The molecule has 3 aromatic carbocycles. The van der Waals surface area contributed by atoms with Gasteiger partial charge in [0, 0.05) is 29.9 Å². The van der Waals surface area contributed by atoms with Gasteiger partial charge in [-0.05, 0) is 48.9 Å². The Morgan fingerprint density at radius 3 is 2.62 bits per heavy atom. The predicted octanol–water partition coefficient (Wildman–Crippen LogP) is 3.98. The molecule has 0 unspecified atom stereocenters. The van der Waals surface area contributed by atoms with Gasteiger partial charge < -0.3 is 24.4 Å². The summed E-state index contributed by atoms with van der Waals surface area (Å²) in [4.78, 5) is 27.4. The van der Waals surface area contributed by atoms with Gasteiger partial charge in [0.05, 0.1) is 0 Å². The monoisotopic (exact) mass is 430 g/mol. The number of anilines is 1. The third-order valence-corrected chi connectivity index (χ3v) is 5.49. The van der Waals surface area contributed by atoms with Gasteiger partial charge in [-0.25, -0.2) is 0 Å². The Balaban J connectivity index is 1.36. The molecule has 0 fully saturated rings. The molecule has 162 valence electrons. The Kier molecular flexibility index (Phi) is 5.15. The first-order valence-electron chi connectivity index (χ1n) is 10.4. The Hall–Kier alpha value is -4.00. The Bertz CT molecular complexity index is 1180. The maximum Gasteiger partial charge on any atom is 0.263 e. The van der Waals surface area contributed by atoms with Crippen LogP contribution in [0, 0.1) is 0 Å². The Morgan fingerprint density at radius 1 is 1.00 bits per heavy atom. The molecule has 2 amide bonds. The van der Waals surface area contributed by atoms with Crippen LogP contribution in [0.4, 0.5) is 5.69 Å². The van der Waals surface area contributed by atoms with Crippen LogP contribution in [-0.2, 0) is 17.9 Å². The zero-order chi connectivity index (χ0) is 22.1. The molecule has 0 spiro atoms. The number of ether oxygens (including phenoxy) is 3. The minimum absolute atomic E-state index is 0.0731. The largest absolute Gasteiger partial charge is 0.481 e. The van der Waals surface area contributed by atoms with Gasteiger partial charge in [-0.1, -0.05) is 30.3 Å². The van der Waals surface area contributed by atoms with Gasteiger partial charge in [-0.15, -0.1) is 0 Å². The molecule has 32 heavy (non-hydrogen) atoms. The first-order valence-corrected chi connectivity index (χ1v) is 10.4. The minimum Gasteiger partial charge on any atom is -0.481 e. The highest BCUT2D eigenvalue weighted by Gasteiger charge is 2.28. The first kappa shape index (κ1) is 19.9. The molecule has 0 saturated heterocycles. The van der Waals surface area contributed by atoms with Crippen LogP contribution in [0.2, 0.25) is 0 Å². The molecule has 1 N–H and O–H groups in total. The second-order valence-corrected chi connectivity index (χ2v) is 7.78. The van der Waals surface area contributed by atoms with E-state index >= 15 is 0 Å². The smallest absolute Gasteiger partial charge is 0.263 e. The van der Waals surface area contributed by atoms with Crippen molar-refractivity contribution in [2.75, 3.05) is 12.1 Å². The van der Waals surface area contributed by atoms with E-state index < -0.39 is 6.10 Å². The van der Waals surface area contributed by atoms with Crippen molar-refractivity contribution in [3.05, 3.63) is 83.4 Å². The molecule has 2 aliphatic rings. The second kappa shape index (κ2) is 8.26. The van der Waals surface area contributed by atoms with Gasteiger partial charge in [-0.2, -0.15) is 0 Å². The van der Waals surface area contributed by atoms with Crippen LogP contribution >= 0.6 is 0 Å². The van der Waals surface area contributed by atoms with Crippen molar-refractivity contribution in [2.45, 2.75) is 26.1 Å². The normalized spacial score (nSPS) is 16.7. The van der Waals surface area contributed by atoms with E-state index in [-0.39, 0.29) is 18.6 Å². The molecule has 0 aromatic heterocycles. The maximum absolute atomic E-state index is 12.9. The molecule has 0 saturated carbocycles. The van der Waals surface area contributed by atoms with Gasteiger partial charge in [-0.3, -0.25) is 9.59 Å². The molecule has 5 rings (SSSR count). The summed E-state index contributed by atoms with van der Waals surface area (Å²) in [6.45, 7) is 2.79. The number of nitrogens with one attached hydrogen (secondary N) is 1. The highest BCUT2D eigenvalue weighted by atomic mass is 16.7. The molecule has 0 aliphatic carbocycles. The van der Waals surface area contributed by atoms with E-state index in [1.165, 1.54) is 0 Å². The number of carbonyl (C=O) groups is 2. The molecule has 1 atom stereocenters. The molecule has 3 aromatic rings. The van der Waals surface area contributed by atoms with E-state index in [9.17, 15) is 9.59 Å². The molecular weight excluding hydrogens is 408 g/mol. The van der Waals surface area contributed by atoms with E-state index in [4.69, 9.17) is 14.2 Å². The Morgan fingerprint density at radius 2 is 1.78 bits per heavy atom. The molecule has 2 heterocycles. The van der Waals surface area contributed by atoms with Gasteiger partial charge in [0.15, 0.2) is 17.6 Å². The average molecular weight is 430 g/mol. The van der Waals surface area contributed by atoms with Gasteiger partial charge in [0.1, 0.15) is 5.75 Å². The van der Waals surface area contributed by atoms with Gasteiger partial charge in [0.2, 0.25) is 6.79 Å². The summed E-state index contributed by atoms with van der Waals surface area (Å²) in [6.07, 6.45) is -0.589.